The average molecular weight is 211 g/mol. The Hall–Kier alpha value is -0.770. The lowest BCUT2D eigenvalue weighted by Gasteiger charge is -2.13. The molecule has 1 heterocycles. The maximum absolute atomic E-state index is 4.12. The van der Waals surface area contributed by atoms with Crippen LogP contribution in [-0.4, -0.2) is 27.5 Å². The monoisotopic (exact) mass is 211 g/mol. The van der Waals surface area contributed by atoms with E-state index >= 15 is 0 Å². The van der Waals surface area contributed by atoms with Crippen molar-refractivity contribution in [3.8, 4) is 0 Å². The number of thioether (sulfide) groups is 1. The van der Waals surface area contributed by atoms with Crippen LogP contribution in [-0.2, 0) is 0 Å². The lowest BCUT2D eigenvalue weighted by Crippen LogP contribution is -2.16. The Labute approximate surface area is 89.7 Å². The Bertz CT molecular complexity index is 240. The SMILES string of the molecule is CCSCCC(C)Nc1ccncn1. The summed E-state index contributed by atoms with van der Waals surface area (Å²) in [5.41, 5.74) is 0. The van der Waals surface area contributed by atoms with Crippen LogP contribution >= 0.6 is 11.8 Å². The molecule has 0 radical (unpaired) electrons. The number of aromatic nitrogens is 2. The first-order valence-corrected chi connectivity index (χ1v) is 6.08. The quantitative estimate of drug-likeness (QED) is 0.733. The van der Waals surface area contributed by atoms with E-state index in [0.29, 0.717) is 6.04 Å². The van der Waals surface area contributed by atoms with Crippen LogP contribution in [0.25, 0.3) is 0 Å². The number of anilines is 1. The Kier molecular flexibility index (Phi) is 5.37. The normalized spacial score (nSPS) is 12.4. The van der Waals surface area contributed by atoms with E-state index < -0.39 is 0 Å². The zero-order chi connectivity index (χ0) is 10.2. The van der Waals surface area contributed by atoms with Crippen molar-refractivity contribution in [1.82, 2.24) is 9.97 Å². The molecule has 1 aromatic rings. The van der Waals surface area contributed by atoms with Crippen molar-refractivity contribution in [3.63, 3.8) is 0 Å². The van der Waals surface area contributed by atoms with E-state index in [1.807, 2.05) is 17.8 Å². The van der Waals surface area contributed by atoms with Crippen LogP contribution in [0.5, 0.6) is 0 Å². The zero-order valence-corrected chi connectivity index (χ0v) is 9.55. The van der Waals surface area contributed by atoms with Crippen molar-refractivity contribution in [1.29, 1.82) is 0 Å². The molecule has 1 aromatic heterocycles. The lowest BCUT2D eigenvalue weighted by molar-refractivity contribution is 0.765. The summed E-state index contributed by atoms with van der Waals surface area (Å²) >= 11 is 1.97. The molecule has 0 aliphatic rings. The first kappa shape index (κ1) is 11.3. The van der Waals surface area contributed by atoms with Crippen LogP contribution in [0.4, 0.5) is 5.82 Å². The second-order valence-corrected chi connectivity index (χ2v) is 4.52. The summed E-state index contributed by atoms with van der Waals surface area (Å²) in [6, 6.07) is 2.37. The van der Waals surface area contributed by atoms with Crippen LogP contribution < -0.4 is 5.32 Å². The maximum Gasteiger partial charge on any atom is 0.129 e. The third-order valence-corrected chi connectivity index (χ3v) is 2.81. The van der Waals surface area contributed by atoms with Gasteiger partial charge in [0.15, 0.2) is 0 Å². The highest BCUT2D eigenvalue weighted by Crippen LogP contribution is 2.08. The first-order valence-electron chi connectivity index (χ1n) is 4.93. The van der Waals surface area contributed by atoms with Crippen LogP contribution in [0.1, 0.15) is 20.3 Å². The molecule has 1 unspecified atom stereocenters. The third kappa shape index (κ3) is 4.46. The summed E-state index contributed by atoms with van der Waals surface area (Å²) in [5.74, 6) is 3.31. The molecule has 0 bridgehead atoms. The zero-order valence-electron chi connectivity index (χ0n) is 8.73. The smallest absolute Gasteiger partial charge is 0.129 e. The third-order valence-electron chi connectivity index (χ3n) is 1.88. The Balaban J connectivity index is 2.23. The molecule has 0 fully saturated rings. The second kappa shape index (κ2) is 6.65. The fourth-order valence-electron chi connectivity index (χ4n) is 1.11. The molecule has 1 atom stereocenters. The van der Waals surface area contributed by atoms with Crippen molar-refractivity contribution in [2.75, 3.05) is 16.8 Å². The highest BCUT2D eigenvalue weighted by atomic mass is 32.2. The summed E-state index contributed by atoms with van der Waals surface area (Å²) in [6.45, 7) is 4.37. The van der Waals surface area contributed by atoms with Gasteiger partial charge in [-0.2, -0.15) is 11.8 Å². The number of hydrogen-bond donors (Lipinski definition) is 1. The van der Waals surface area contributed by atoms with Gasteiger partial charge in [0, 0.05) is 12.2 Å². The molecular weight excluding hydrogens is 194 g/mol. The molecule has 0 saturated heterocycles. The standard InChI is InChI=1S/C10H17N3S/c1-3-14-7-5-9(2)13-10-4-6-11-8-12-10/h4,6,8-9H,3,5,7H2,1-2H3,(H,11,12,13). The minimum absolute atomic E-state index is 0.476. The largest absolute Gasteiger partial charge is 0.367 e. The van der Waals surface area contributed by atoms with Crippen molar-refractivity contribution >= 4 is 17.6 Å². The molecule has 0 saturated carbocycles. The summed E-state index contributed by atoms with van der Waals surface area (Å²) in [7, 11) is 0. The number of nitrogens with one attached hydrogen (secondary N) is 1. The van der Waals surface area contributed by atoms with Crippen LogP contribution in [0.3, 0.4) is 0 Å². The number of hydrogen-bond acceptors (Lipinski definition) is 4. The molecule has 1 rings (SSSR count). The van der Waals surface area contributed by atoms with E-state index in [1.165, 1.54) is 17.9 Å². The second-order valence-electron chi connectivity index (χ2n) is 3.13. The van der Waals surface area contributed by atoms with Gasteiger partial charge >= 0.3 is 0 Å². The topological polar surface area (TPSA) is 37.8 Å². The van der Waals surface area contributed by atoms with E-state index in [4.69, 9.17) is 0 Å². The van der Waals surface area contributed by atoms with E-state index in [0.717, 1.165) is 5.82 Å². The molecule has 4 heteroatoms. The van der Waals surface area contributed by atoms with Gasteiger partial charge in [-0.15, -0.1) is 0 Å². The van der Waals surface area contributed by atoms with Crippen molar-refractivity contribution in [2.45, 2.75) is 26.3 Å². The maximum atomic E-state index is 4.12. The van der Waals surface area contributed by atoms with E-state index in [-0.39, 0.29) is 0 Å². The van der Waals surface area contributed by atoms with Crippen molar-refractivity contribution in [3.05, 3.63) is 18.6 Å². The van der Waals surface area contributed by atoms with E-state index in [2.05, 4.69) is 29.1 Å². The van der Waals surface area contributed by atoms with Gasteiger partial charge in [-0.05, 0) is 30.9 Å². The van der Waals surface area contributed by atoms with Gasteiger partial charge in [0.1, 0.15) is 12.1 Å². The summed E-state index contributed by atoms with van der Waals surface area (Å²) in [5, 5.41) is 3.34. The summed E-state index contributed by atoms with van der Waals surface area (Å²) in [6.07, 6.45) is 4.49. The lowest BCUT2D eigenvalue weighted by atomic mass is 10.2. The average Bonchev–Trinajstić information content (AvgIpc) is 2.20. The highest BCUT2D eigenvalue weighted by molar-refractivity contribution is 7.99. The van der Waals surface area contributed by atoms with Gasteiger partial charge in [0.2, 0.25) is 0 Å². The minimum atomic E-state index is 0.476. The molecule has 78 valence electrons. The van der Waals surface area contributed by atoms with Crippen LogP contribution in [0.15, 0.2) is 18.6 Å². The number of nitrogens with zero attached hydrogens (tertiary/aromatic N) is 2. The highest BCUT2D eigenvalue weighted by Gasteiger charge is 2.01. The molecule has 0 aliphatic heterocycles. The molecule has 0 amide bonds. The first-order chi connectivity index (χ1) is 6.83. The van der Waals surface area contributed by atoms with Gasteiger partial charge in [-0.1, -0.05) is 6.92 Å². The minimum Gasteiger partial charge on any atom is -0.367 e. The van der Waals surface area contributed by atoms with Crippen LogP contribution in [0, 0.1) is 0 Å². The molecule has 0 spiro atoms. The van der Waals surface area contributed by atoms with E-state index in [1.54, 1.807) is 12.5 Å². The molecule has 0 aliphatic carbocycles. The Morgan fingerprint density at radius 1 is 1.57 bits per heavy atom. The molecule has 3 nitrogen and oxygen atoms in total. The van der Waals surface area contributed by atoms with Gasteiger partial charge < -0.3 is 5.32 Å². The van der Waals surface area contributed by atoms with E-state index in [9.17, 15) is 0 Å². The molecule has 14 heavy (non-hydrogen) atoms. The van der Waals surface area contributed by atoms with Crippen molar-refractivity contribution < 1.29 is 0 Å². The van der Waals surface area contributed by atoms with Gasteiger partial charge in [-0.25, -0.2) is 9.97 Å². The van der Waals surface area contributed by atoms with Crippen LogP contribution in [0.2, 0.25) is 0 Å². The van der Waals surface area contributed by atoms with Gasteiger partial charge in [-0.3, -0.25) is 0 Å². The molecular formula is C10H17N3S. The fraction of sp³-hybridized carbons (Fsp3) is 0.600. The Morgan fingerprint density at radius 2 is 2.43 bits per heavy atom. The Morgan fingerprint density at radius 3 is 3.07 bits per heavy atom. The van der Waals surface area contributed by atoms with Gasteiger partial charge in [0.05, 0.1) is 0 Å². The summed E-state index contributed by atoms with van der Waals surface area (Å²) < 4.78 is 0. The fourth-order valence-corrected chi connectivity index (χ4v) is 1.91. The predicted octanol–water partition coefficient (Wildman–Crippen LogP) is 2.42. The predicted molar refractivity (Wildman–Crippen MR) is 62.7 cm³/mol. The summed E-state index contributed by atoms with van der Waals surface area (Å²) in [4.78, 5) is 7.99. The molecule has 0 aromatic carbocycles. The van der Waals surface area contributed by atoms with Gasteiger partial charge in [0.25, 0.3) is 0 Å². The molecule has 1 N–H and O–H groups in total. The van der Waals surface area contributed by atoms with Crippen molar-refractivity contribution in [2.24, 2.45) is 0 Å². The number of rotatable bonds is 6.